The van der Waals surface area contributed by atoms with Crippen molar-refractivity contribution in [1.82, 2.24) is 0 Å². The first-order chi connectivity index (χ1) is 5.44. The molecule has 0 aromatic rings. The van der Waals surface area contributed by atoms with Crippen molar-refractivity contribution in [3.8, 4) is 0 Å². The Kier molecular flexibility index (Phi) is 2.20. The largest absolute Gasteiger partial charge is 0.393 e. The van der Waals surface area contributed by atoms with Gasteiger partial charge in [-0.2, -0.15) is 8.78 Å². The summed E-state index contributed by atoms with van der Waals surface area (Å²) in [5, 5.41) is 26.7. The van der Waals surface area contributed by atoms with E-state index in [1.165, 1.54) is 0 Å². The van der Waals surface area contributed by atoms with E-state index in [0.29, 0.717) is 6.08 Å². The summed E-state index contributed by atoms with van der Waals surface area (Å²) in [6.07, 6.45) is -0.125. The zero-order valence-corrected chi connectivity index (χ0v) is 6.24. The number of halogens is 2. The van der Waals surface area contributed by atoms with Crippen molar-refractivity contribution < 1.29 is 24.1 Å². The predicted molar refractivity (Wildman–Crippen MR) is 36.7 cm³/mol. The quantitative estimate of drug-likeness (QED) is 0.484. The second-order valence-corrected chi connectivity index (χ2v) is 2.86. The molecule has 1 aliphatic rings. The summed E-state index contributed by atoms with van der Waals surface area (Å²) < 4.78 is 25.7. The van der Waals surface area contributed by atoms with E-state index in [-0.39, 0.29) is 6.42 Å². The minimum absolute atomic E-state index is 0.0767. The first-order valence-electron chi connectivity index (χ1n) is 3.51. The molecule has 12 heavy (non-hydrogen) atoms. The molecule has 0 unspecified atom stereocenters. The van der Waals surface area contributed by atoms with Crippen LogP contribution in [0.25, 0.3) is 0 Å². The van der Waals surface area contributed by atoms with E-state index >= 15 is 0 Å². The van der Waals surface area contributed by atoms with Crippen LogP contribution in [0.1, 0.15) is 6.42 Å². The number of rotatable bonds is 1. The topological polar surface area (TPSA) is 60.7 Å². The van der Waals surface area contributed by atoms with Gasteiger partial charge >= 0.3 is 0 Å². The van der Waals surface area contributed by atoms with Gasteiger partial charge in [-0.3, -0.25) is 0 Å². The third-order valence-electron chi connectivity index (χ3n) is 2.06. The minimum atomic E-state index is -3.57. The molecule has 1 rings (SSSR count). The van der Waals surface area contributed by atoms with Gasteiger partial charge in [-0.05, 0) is 12.5 Å². The Labute approximate surface area is 67.9 Å². The lowest BCUT2D eigenvalue weighted by molar-refractivity contribution is -0.222. The lowest BCUT2D eigenvalue weighted by atomic mass is 9.84. The summed E-state index contributed by atoms with van der Waals surface area (Å²) in [5.41, 5.74) is -2.73. The number of aliphatic hydroxyl groups is 3. The lowest BCUT2D eigenvalue weighted by Crippen LogP contribution is -2.59. The van der Waals surface area contributed by atoms with Gasteiger partial charge in [0.05, 0.1) is 12.7 Å². The fourth-order valence-corrected chi connectivity index (χ4v) is 1.12. The number of hydrogen-bond acceptors (Lipinski definition) is 3. The molecule has 0 aromatic carbocycles. The number of hydrogen-bond donors (Lipinski definition) is 3. The number of aliphatic hydroxyl groups excluding tert-OH is 2. The molecule has 0 heterocycles. The van der Waals surface area contributed by atoms with Gasteiger partial charge in [0.25, 0.3) is 5.92 Å². The third-order valence-corrected chi connectivity index (χ3v) is 2.06. The maximum Gasteiger partial charge on any atom is 0.299 e. The molecule has 0 fully saturated rings. The summed E-state index contributed by atoms with van der Waals surface area (Å²) in [6, 6.07) is 0. The van der Waals surface area contributed by atoms with Crippen molar-refractivity contribution >= 4 is 0 Å². The summed E-state index contributed by atoms with van der Waals surface area (Å²) in [7, 11) is 0. The smallest absolute Gasteiger partial charge is 0.299 e. The molecular formula is C7H10F2O3. The monoisotopic (exact) mass is 180 g/mol. The van der Waals surface area contributed by atoms with E-state index in [0.717, 1.165) is 6.08 Å². The molecule has 0 saturated heterocycles. The lowest BCUT2D eigenvalue weighted by Gasteiger charge is -2.38. The SMILES string of the molecule is OC[C@@]1(O)[C@H](O)CC=CC1(F)F. The van der Waals surface area contributed by atoms with E-state index in [1.807, 2.05) is 0 Å². The van der Waals surface area contributed by atoms with Crippen LogP contribution in [0.5, 0.6) is 0 Å². The summed E-state index contributed by atoms with van der Waals surface area (Å²) in [6.45, 7) is -1.16. The zero-order chi connectivity index (χ0) is 9.41. The Bertz CT molecular complexity index is 205. The normalized spacial score (nSPS) is 39.9. The second kappa shape index (κ2) is 2.76. The molecule has 70 valence electrons. The van der Waals surface area contributed by atoms with Gasteiger partial charge in [0.2, 0.25) is 0 Å². The molecule has 0 spiro atoms. The molecular weight excluding hydrogens is 170 g/mol. The highest BCUT2D eigenvalue weighted by Crippen LogP contribution is 2.37. The molecule has 0 bridgehead atoms. The van der Waals surface area contributed by atoms with Gasteiger partial charge in [0.1, 0.15) is 0 Å². The van der Waals surface area contributed by atoms with Crippen LogP contribution in [-0.2, 0) is 0 Å². The van der Waals surface area contributed by atoms with Crippen LogP contribution in [-0.4, -0.2) is 39.6 Å². The van der Waals surface area contributed by atoms with Gasteiger partial charge < -0.3 is 15.3 Å². The van der Waals surface area contributed by atoms with Crippen LogP contribution in [0.3, 0.4) is 0 Å². The van der Waals surface area contributed by atoms with Gasteiger partial charge in [0.15, 0.2) is 5.60 Å². The van der Waals surface area contributed by atoms with Gasteiger partial charge in [-0.15, -0.1) is 0 Å². The fourth-order valence-electron chi connectivity index (χ4n) is 1.12. The first-order valence-corrected chi connectivity index (χ1v) is 3.51. The molecule has 0 aliphatic heterocycles. The van der Waals surface area contributed by atoms with E-state index in [1.54, 1.807) is 0 Å². The van der Waals surface area contributed by atoms with Crippen molar-refractivity contribution in [1.29, 1.82) is 0 Å². The highest BCUT2D eigenvalue weighted by Gasteiger charge is 2.56. The summed E-state index contributed by atoms with van der Waals surface area (Å²) in [5.74, 6) is -3.57. The third kappa shape index (κ3) is 1.14. The van der Waals surface area contributed by atoms with Crippen LogP contribution < -0.4 is 0 Å². The highest BCUT2D eigenvalue weighted by atomic mass is 19.3. The molecule has 0 aromatic heterocycles. The van der Waals surface area contributed by atoms with Crippen LogP contribution in [0.15, 0.2) is 12.2 Å². The molecule has 0 saturated carbocycles. The van der Waals surface area contributed by atoms with Crippen LogP contribution in [0.2, 0.25) is 0 Å². The van der Waals surface area contributed by atoms with Gasteiger partial charge in [-0.1, -0.05) is 6.08 Å². The van der Waals surface area contributed by atoms with E-state index in [4.69, 9.17) is 10.2 Å². The van der Waals surface area contributed by atoms with Crippen LogP contribution in [0, 0.1) is 0 Å². The van der Waals surface area contributed by atoms with Crippen molar-refractivity contribution in [2.24, 2.45) is 0 Å². The maximum atomic E-state index is 12.8. The Balaban J connectivity index is 3.01. The highest BCUT2D eigenvalue weighted by molar-refractivity contribution is 5.15. The molecule has 0 amide bonds. The molecule has 0 radical (unpaired) electrons. The Morgan fingerprint density at radius 3 is 2.42 bits per heavy atom. The van der Waals surface area contributed by atoms with Crippen LogP contribution >= 0.6 is 0 Å². The average Bonchev–Trinajstić information content (AvgIpc) is 2.00. The minimum Gasteiger partial charge on any atom is -0.393 e. The van der Waals surface area contributed by atoms with Crippen molar-refractivity contribution in [3.05, 3.63) is 12.2 Å². The second-order valence-electron chi connectivity index (χ2n) is 2.86. The van der Waals surface area contributed by atoms with E-state index in [2.05, 4.69) is 0 Å². The maximum absolute atomic E-state index is 12.8. The molecule has 1 aliphatic carbocycles. The Morgan fingerprint density at radius 1 is 1.50 bits per heavy atom. The van der Waals surface area contributed by atoms with Gasteiger partial charge in [0, 0.05) is 0 Å². The zero-order valence-electron chi connectivity index (χ0n) is 6.24. The summed E-state index contributed by atoms with van der Waals surface area (Å²) >= 11 is 0. The Hall–Kier alpha value is -0.520. The van der Waals surface area contributed by atoms with Gasteiger partial charge in [-0.25, -0.2) is 0 Å². The molecule has 3 nitrogen and oxygen atoms in total. The fraction of sp³-hybridized carbons (Fsp3) is 0.714. The Morgan fingerprint density at radius 2 is 2.08 bits per heavy atom. The van der Waals surface area contributed by atoms with Crippen LogP contribution in [0.4, 0.5) is 8.78 Å². The summed E-state index contributed by atoms with van der Waals surface area (Å²) in [4.78, 5) is 0. The van der Waals surface area contributed by atoms with E-state index in [9.17, 15) is 13.9 Å². The number of alkyl halides is 2. The predicted octanol–water partition coefficient (Wildman–Crippen LogP) is -0.334. The van der Waals surface area contributed by atoms with E-state index < -0.39 is 24.2 Å². The molecule has 2 atom stereocenters. The molecule has 5 heteroatoms. The average molecular weight is 180 g/mol. The van der Waals surface area contributed by atoms with Crippen molar-refractivity contribution in [3.63, 3.8) is 0 Å². The van der Waals surface area contributed by atoms with Crippen molar-refractivity contribution in [2.45, 2.75) is 24.0 Å². The van der Waals surface area contributed by atoms with Crippen molar-refractivity contribution in [2.75, 3.05) is 6.61 Å². The molecule has 3 N–H and O–H groups in total. The standard InChI is InChI=1S/C7H10F2O3/c8-7(9)3-1-2-5(11)6(7,12)4-10/h1,3,5,10-12H,2,4H2/t5-,6-/m1/s1. The first kappa shape index (κ1) is 9.57.